The van der Waals surface area contributed by atoms with E-state index >= 15 is 0 Å². The maximum absolute atomic E-state index is 13.1. The van der Waals surface area contributed by atoms with Crippen LogP contribution in [0.5, 0.6) is 5.75 Å². The average Bonchev–Trinajstić information content (AvgIpc) is 2.33. The molecule has 0 radical (unpaired) electrons. The Morgan fingerprint density at radius 3 is 2.83 bits per heavy atom. The van der Waals surface area contributed by atoms with Gasteiger partial charge in [0.25, 0.3) is 0 Å². The lowest BCUT2D eigenvalue weighted by Crippen LogP contribution is -2.52. The van der Waals surface area contributed by atoms with Crippen molar-refractivity contribution in [2.24, 2.45) is 5.41 Å². The van der Waals surface area contributed by atoms with Crippen molar-refractivity contribution in [2.75, 3.05) is 33.5 Å². The average molecular weight is 255 g/mol. The first-order valence-corrected chi connectivity index (χ1v) is 5.91. The van der Waals surface area contributed by atoms with Crippen LogP contribution < -0.4 is 10.1 Å². The van der Waals surface area contributed by atoms with Crippen molar-refractivity contribution in [1.82, 2.24) is 5.32 Å². The lowest BCUT2D eigenvalue weighted by Gasteiger charge is -2.40. The minimum atomic E-state index is -0.281. The molecule has 0 bridgehead atoms. The highest BCUT2D eigenvalue weighted by molar-refractivity contribution is 5.33. The van der Waals surface area contributed by atoms with Gasteiger partial charge in [0.1, 0.15) is 11.6 Å². The molecule has 1 fully saturated rings. The summed E-state index contributed by atoms with van der Waals surface area (Å²) in [6, 6.07) is 4.44. The van der Waals surface area contributed by atoms with Gasteiger partial charge in [-0.2, -0.15) is 0 Å². The lowest BCUT2D eigenvalue weighted by molar-refractivity contribution is -0.134. The first-order valence-electron chi connectivity index (χ1n) is 5.91. The van der Waals surface area contributed by atoms with Crippen molar-refractivity contribution in [3.63, 3.8) is 0 Å². The van der Waals surface area contributed by atoms with Crippen LogP contribution in [-0.4, -0.2) is 38.6 Å². The molecule has 1 aliphatic rings. The number of methoxy groups -OCH3 is 1. The molecule has 2 N–H and O–H groups in total. The van der Waals surface area contributed by atoms with E-state index in [1.165, 1.54) is 12.1 Å². The van der Waals surface area contributed by atoms with Crippen molar-refractivity contribution < 1.29 is 19.0 Å². The van der Waals surface area contributed by atoms with Gasteiger partial charge in [0.05, 0.1) is 32.3 Å². The van der Waals surface area contributed by atoms with E-state index in [1.807, 2.05) is 0 Å². The van der Waals surface area contributed by atoms with Crippen LogP contribution >= 0.6 is 0 Å². The molecule has 0 amide bonds. The zero-order valence-corrected chi connectivity index (χ0v) is 10.4. The molecule has 1 aromatic carbocycles. The van der Waals surface area contributed by atoms with Crippen molar-refractivity contribution in [1.29, 1.82) is 0 Å². The third-order valence-electron chi connectivity index (χ3n) is 3.21. The molecule has 1 saturated heterocycles. The van der Waals surface area contributed by atoms with Crippen molar-refractivity contribution >= 4 is 0 Å². The van der Waals surface area contributed by atoms with Crippen molar-refractivity contribution in [3.8, 4) is 5.75 Å². The van der Waals surface area contributed by atoms with Crippen LogP contribution in [0, 0.1) is 11.2 Å². The summed E-state index contributed by atoms with van der Waals surface area (Å²) in [5.74, 6) is 0.378. The molecule has 100 valence electrons. The molecule has 1 heterocycles. The van der Waals surface area contributed by atoms with Crippen LogP contribution in [0.25, 0.3) is 0 Å². The summed E-state index contributed by atoms with van der Waals surface area (Å²) < 4.78 is 23.4. The number of hydrogen-bond acceptors (Lipinski definition) is 4. The van der Waals surface area contributed by atoms with Gasteiger partial charge in [0.2, 0.25) is 0 Å². The molecular weight excluding hydrogens is 237 g/mol. The van der Waals surface area contributed by atoms with E-state index in [1.54, 1.807) is 13.2 Å². The zero-order chi connectivity index (χ0) is 13.0. The molecule has 0 unspecified atom stereocenters. The molecule has 1 aromatic rings. The molecule has 0 saturated carbocycles. The fourth-order valence-electron chi connectivity index (χ4n) is 1.99. The Morgan fingerprint density at radius 2 is 2.28 bits per heavy atom. The number of benzene rings is 1. The zero-order valence-electron chi connectivity index (χ0n) is 10.4. The smallest absolute Gasteiger partial charge is 0.123 e. The quantitative estimate of drug-likeness (QED) is 0.794. The highest BCUT2D eigenvalue weighted by Crippen LogP contribution is 2.26. The predicted octanol–water partition coefficient (Wildman–Crippen LogP) is 0.933. The minimum absolute atomic E-state index is 0.0975. The summed E-state index contributed by atoms with van der Waals surface area (Å²) in [5, 5.41) is 12.5. The van der Waals surface area contributed by atoms with Crippen LogP contribution in [0.3, 0.4) is 0 Å². The number of halogens is 1. The molecule has 0 atom stereocenters. The molecule has 2 rings (SSSR count). The number of nitrogens with one attached hydrogen (secondary N) is 1. The Morgan fingerprint density at radius 1 is 1.50 bits per heavy atom. The van der Waals surface area contributed by atoms with Gasteiger partial charge in [-0.25, -0.2) is 4.39 Å². The standard InChI is InChI=1S/C13H18FNO3/c1-17-12-3-2-11(14)4-10(12)5-15-6-13(7-16)8-18-9-13/h2-4,15-16H,5-9H2,1H3. The molecule has 4 nitrogen and oxygen atoms in total. The Labute approximate surface area is 106 Å². The van der Waals surface area contributed by atoms with E-state index in [4.69, 9.17) is 9.47 Å². The summed E-state index contributed by atoms with van der Waals surface area (Å²) in [5.41, 5.74) is 0.589. The highest BCUT2D eigenvalue weighted by atomic mass is 19.1. The van der Waals surface area contributed by atoms with Crippen LogP contribution in [0.15, 0.2) is 18.2 Å². The van der Waals surface area contributed by atoms with Gasteiger partial charge in [-0.15, -0.1) is 0 Å². The van der Waals surface area contributed by atoms with E-state index in [0.29, 0.717) is 32.1 Å². The van der Waals surface area contributed by atoms with E-state index in [0.717, 1.165) is 5.56 Å². The Balaban J connectivity index is 1.91. The largest absolute Gasteiger partial charge is 0.496 e. The van der Waals surface area contributed by atoms with Gasteiger partial charge in [0, 0.05) is 18.7 Å². The lowest BCUT2D eigenvalue weighted by atomic mass is 9.87. The molecule has 18 heavy (non-hydrogen) atoms. The molecular formula is C13H18FNO3. The van der Waals surface area contributed by atoms with E-state index in [2.05, 4.69) is 5.32 Å². The van der Waals surface area contributed by atoms with Gasteiger partial charge < -0.3 is 19.9 Å². The van der Waals surface area contributed by atoms with Crippen molar-refractivity contribution in [2.45, 2.75) is 6.54 Å². The summed E-state index contributed by atoms with van der Waals surface area (Å²) in [7, 11) is 1.56. The van der Waals surface area contributed by atoms with Crippen LogP contribution in [0.2, 0.25) is 0 Å². The minimum Gasteiger partial charge on any atom is -0.496 e. The third-order valence-corrected chi connectivity index (χ3v) is 3.21. The van der Waals surface area contributed by atoms with Crippen LogP contribution in [0.4, 0.5) is 4.39 Å². The summed E-state index contributed by atoms with van der Waals surface area (Å²) in [4.78, 5) is 0. The Bertz CT molecular complexity index is 402. The number of rotatable bonds is 6. The van der Waals surface area contributed by atoms with Crippen molar-refractivity contribution in [3.05, 3.63) is 29.6 Å². The Hall–Kier alpha value is -1.17. The van der Waals surface area contributed by atoms with Gasteiger partial charge in [-0.3, -0.25) is 0 Å². The number of aliphatic hydroxyl groups is 1. The second-order valence-corrected chi connectivity index (χ2v) is 4.71. The number of hydrogen-bond donors (Lipinski definition) is 2. The first-order chi connectivity index (χ1) is 8.69. The molecule has 0 aromatic heterocycles. The molecule has 0 spiro atoms. The molecule has 1 aliphatic heterocycles. The maximum atomic E-state index is 13.1. The molecule has 0 aliphatic carbocycles. The van der Waals surface area contributed by atoms with Crippen LogP contribution in [-0.2, 0) is 11.3 Å². The summed E-state index contributed by atoms with van der Waals surface area (Å²) >= 11 is 0. The fourth-order valence-corrected chi connectivity index (χ4v) is 1.99. The van der Waals surface area contributed by atoms with Gasteiger partial charge in [-0.05, 0) is 18.2 Å². The summed E-state index contributed by atoms with van der Waals surface area (Å²) in [6.45, 7) is 2.37. The first kappa shape index (κ1) is 13.3. The monoisotopic (exact) mass is 255 g/mol. The SMILES string of the molecule is COc1ccc(F)cc1CNCC1(CO)COC1. The molecule has 5 heteroatoms. The van der Waals surface area contributed by atoms with Gasteiger partial charge in [0.15, 0.2) is 0 Å². The summed E-state index contributed by atoms with van der Waals surface area (Å²) in [6.07, 6.45) is 0. The second-order valence-electron chi connectivity index (χ2n) is 4.71. The van der Waals surface area contributed by atoms with Gasteiger partial charge >= 0.3 is 0 Å². The van der Waals surface area contributed by atoms with E-state index < -0.39 is 0 Å². The normalized spacial score (nSPS) is 17.3. The second kappa shape index (κ2) is 5.65. The maximum Gasteiger partial charge on any atom is 0.123 e. The number of aliphatic hydroxyl groups excluding tert-OH is 1. The third kappa shape index (κ3) is 2.80. The van der Waals surface area contributed by atoms with Gasteiger partial charge in [-0.1, -0.05) is 0 Å². The van der Waals surface area contributed by atoms with Crippen LogP contribution in [0.1, 0.15) is 5.56 Å². The van der Waals surface area contributed by atoms with E-state index in [-0.39, 0.29) is 17.8 Å². The fraction of sp³-hybridized carbons (Fsp3) is 0.538. The topological polar surface area (TPSA) is 50.7 Å². The highest BCUT2D eigenvalue weighted by Gasteiger charge is 2.37. The number of ether oxygens (including phenoxy) is 2. The predicted molar refractivity (Wildman–Crippen MR) is 65.0 cm³/mol. The van der Waals surface area contributed by atoms with E-state index in [9.17, 15) is 9.50 Å². The Kier molecular flexibility index (Phi) is 4.16.